The van der Waals surface area contributed by atoms with Crippen LogP contribution in [0.3, 0.4) is 0 Å². The first-order chi connectivity index (χ1) is 11.6. The van der Waals surface area contributed by atoms with Crippen molar-refractivity contribution in [1.29, 1.82) is 0 Å². The van der Waals surface area contributed by atoms with E-state index in [2.05, 4.69) is 5.16 Å². The molecule has 0 aliphatic carbocycles. The van der Waals surface area contributed by atoms with Crippen molar-refractivity contribution >= 4 is 17.5 Å². The number of ether oxygens (including phenoxy) is 1. The van der Waals surface area contributed by atoms with Crippen LogP contribution in [0, 0.1) is 12.8 Å². The van der Waals surface area contributed by atoms with E-state index in [0.29, 0.717) is 33.5 Å². The Labute approximate surface area is 146 Å². The van der Waals surface area contributed by atoms with Crippen LogP contribution >= 0.6 is 11.6 Å². The molecule has 1 aliphatic rings. The van der Waals surface area contributed by atoms with Gasteiger partial charge in [0.2, 0.25) is 0 Å². The number of aryl methyl sites for hydroxylation is 1. The highest BCUT2D eigenvalue weighted by atomic mass is 35.5. The average molecular weight is 349 g/mol. The van der Waals surface area contributed by atoms with E-state index in [4.69, 9.17) is 20.9 Å². The molecule has 0 unspecified atom stereocenters. The molecule has 0 atom stereocenters. The van der Waals surface area contributed by atoms with Crippen LogP contribution in [0.5, 0.6) is 0 Å². The summed E-state index contributed by atoms with van der Waals surface area (Å²) in [4.78, 5) is 14.9. The summed E-state index contributed by atoms with van der Waals surface area (Å²) in [5.41, 5.74) is 1.74. The number of carbonyl (C=O) groups is 1. The van der Waals surface area contributed by atoms with Gasteiger partial charge in [0.15, 0.2) is 0 Å². The molecule has 0 radical (unpaired) electrons. The molecule has 3 rings (SSSR count). The molecule has 1 aliphatic heterocycles. The lowest BCUT2D eigenvalue weighted by atomic mass is 9.96. The molecule has 0 spiro atoms. The van der Waals surface area contributed by atoms with Gasteiger partial charge in [-0.05, 0) is 31.7 Å². The Morgan fingerprint density at radius 3 is 2.75 bits per heavy atom. The van der Waals surface area contributed by atoms with Crippen molar-refractivity contribution in [2.75, 3.05) is 26.8 Å². The van der Waals surface area contributed by atoms with Crippen molar-refractivity contribution in [1.82, 2.24) is 10.1 Å². The zero-order valence-corrected chi connectivity index (χ0v) is 14.7. The third-order valence-corrected chi connectivity index (χ3v) is 4.84. The van der Waals surface area contributed by atoms with Crippen molar-refractivity contribution in [2.24, 2.45) is 5.92 Å². The minimum Gasteiger partial charge on any atom is -0.384 e. The van der Waals surface area contributed by atoms with Crippen LogP contribution in [0.25, 0.3) is 11.3 Å². The number of piperidine rings is 1. The lowest BCUT2D eigenvalue weighted by Crippen LogP contribution is -2.39. The highest BCUT2D eigenvalue weighted by Crippen LogP contribution is 2.32. The third-order valence-electron chi connectivity index (χ3n) is 4.51. The van der Waals surface area contributed by atoms with Crippen molar-refractivity contribution in [3.05, 3.63) is 40.6 Å². The summed E-state index contributed by atoms with van der Waals surface area (Å²) in [6.45, 7) is 3.95. The van der Waals surface area contributed by atoms with Crippen molar-refractivity contribution < 1.29 is 14.1 Å². The summed E-state index contributed by atoms with van der Waals surface area (Å²) in [5.74, 6) is 0.999. The van der Waals surface area contributed by atoms with Crippen LogP contribution < -0.4 is 0 Å². The van der Waals surface area contributed by atoms with Gasteiger partial charge in [-0.2, -0.15) is 0 Å². The van der Waals surface area contributed by atoms with Gasteiger partial charge >= 0.3 is 0 Å². The Balaban J connectivity index is 1.84. The first kappa shape index (κ1) is 17.0. The Hall–Kier alpha value is -1.85. The van der Waals surface area contributed by atoms with Gasteiger partial charge in [0.05, 0.1) is 5.02 Å². The number of methoxy groups -OCH3 is 1. The van der Waals surface area contributed by atoms with Crippen LogP contribution in [-0.4, -0.2) is 42.8 Å². The lowest BCUT2D eigenvalue weighted by Gasteiger charge is -2.31. The van der Waals surface area contributed by atoms with Crippen LogP contribution in [-0.2, 0) is 4.74 Å². The molecule has 6 heteroatoms. The van der Waals surface area contributed by atoms with E-state index in [1.807, 2.05) is 23.1 Å². The fourth-order valence-corrected chi connectivity index (χ4v) is 3.38. The fraction of sp³-hybridized carbons (Fsp3) is 0.444. The maximum Gasteiger partial charge on any atom is 0.259 e. The van der Waals surface area contributed by atoms with Crippen molar-refractivity contribution in [3.63, 3.8) is 0 Å². The highest BCUT2D eigenvalue weighted by Gasteiger charge is 2.29. The third kappa shape index (κ3) is 3.32. The molecule has 0 saturated carbocycles. The molecule has 1 saturated heterocycles. The lowest BCUT2D eigenvalue weighted by molar-refractivity contribution is 0.0612. The number of likely N-dealkylation sites (tertiary alicyclic amines) is 1. The van der Waals surface area contributed by atoms with Gasteiger partial charge in [0.1, 0.15) is 17.0 Å². The van der Waals surface area contributed by atoms with E-state index in [1.165, 1.54) is 0 Å². The number of hydrogen-bond donors (Lipinski definition) is 0. The number of rotatable bonds is 4. The molecule has 1 fully saturated rings. The largest absolute Gasteiger partial charge is 0.384 e. The highest BCUT2D eigenvalue weighted by molar-refractivity contribution is 6.33. The minimum atomic E-state index is -0.0421. The second kappa shape index (κ2) is 7.36. The summed E-state index contributed by atoms with van der Waals surface area (Å²) in [5, 5.41) is 4.63. The Bertz CT molecular complexity index is 721. The van der Waals surface area contributed by atoms with Crippen molar-refractivity contribution in [2.45, 2.75) is 19.8 Å². The van der Waals surface area contributed by atoms with Gasteiger partial charge in [-0.3, -0.25) is 4.79 Å². The molecule has 128 valence electrons. The second-order valence-electron chi connectivity index (χ2n) is 6.13. The number of amides is 1. The van der Waals surface area contributed by atoms with Crippen LogP contribution in [0.4, 0.5) is 0 Å². The van der Waals surface area contributed by atoms with Crippen LogP contribution in [0.15, 0.2) is 28.8 Å². The molecular weight excluding hydrogens is 328 g/mol. The normalized spacial score (nSPS) is 15.7. The molecule has 2 heterocycles. The number of nitrogens with zero attached hydrogens (tertiary/aromatic N) is 2. The molecule has 24 heavy (non-hydrogen) atoms. The van der Waals surface area contributed by atoms with E-state index < -0.39 is 0 Å². The van der Waals surface area contributed by atoms with Gasteiger partial charge in [0, 0.05) is 32.4 Å². The van der Waals surface area contributed by atoms with Gasteiger partial charge < -0.3 is 14.2 Å². The summed E-state index contributed by atoms with van der Waals surface area (Å²) >= 11 is 6.26. The number of benzene rings is 1. The standard InChI is InChI=1S/C18H21ClN2O3/c1-12-16(17(20-24-12)14-5-3-4-6-15(14)19)18(22)21-9-7-13(8-10-21)11-23-2/h3-6,13H,7-11H2,1-2H3. The molecule has 1 aromatic heterocycles. The molecule has 0 bridgehead atoms. The van der Waals surface area contributed by atoms with Crippen LogP contribution in [0.1, 0.15) is 29.0 Å². The van der Waals surface area contributed by atoms with Gasteiger partial charge in [-0.25, -0.2) is 0 Å². The molecule has 0 N–H and O–H groups in total. The first-order valence-corrected chi connectivity index (χ1v) is 8.49. The molecule has 5 nitrogen and oxygen atoms in total. The zero-order chi connectivity index (χ0) is 17.1. The number of hydrogen-bond acceptors (Lipinski definition) is 4. The van der Waals surface area contributed by atoms with E-state index in [1.54, 1.807) is 20.1 Å². The van der Waals surface area contributed by atoms with Gasteiger partial charge in [-0.15, -0.1) is 0 Å². The summed E-state index contributed by atoms with van der Waals surface area (Å²) in [6, 6.07) is 7.35. The minimum absolute atomic E-state index is 0.0421. The molecule has 1 amide bonds. The van der Waals surface area contributed by atoms with E-state index in [-0.39, 0.29) is 5.91 Å². The monoisotopic (exact) mass is 348 g/mol. The zero-order valence-electron chi connectivity index (χ0n) is 13.9. The van der Waals surface area contributed by atoms with Crippen LogP contribution in [0.2, 0.25) is 5.02 Å². The number of aromatic nitrogens is 1. The molecule has 1 aromatic carbocycles. The number of carbonyl (C=O) groups excluding carboxylic acids is 1. The summed E-state index contributed by atoms with van der Waals surface area (Å²) in [6.07, 6.45) is 1.90. The summed E-state index contributed by atoms with van der Waals surface area (Å²) in [7, 11) is 1.72. The maximum atomic E-state index is 13.0. The molecule has 2 aromatic rings. The van der Waals surface area contributed by atoms with Gasteiger partial charge in [0.25, 0.3) is 5.91 Å². The first-order valence-electron chi connectivity index (χ1n) is 8.11. The predicted octanol–water partition coefficient (Wildman–Crippen LogP) is 3.80. The second-order valence-corrected chi connectivity index (χ2v) is 6.54. The van der Waals surface area contributed by atoms with E-state index in [0.717, 1.165) is 32.5 Å². The maximum absolute atomic E-state index is 13.0. The Morgan fingerprint density at radius 1 is 1.38 bits per heavy atom. The SMILES string of the molecule is COCC1CCN(C(=O)c2c(-c3ccccc3Cl)noc2C)CC1. The summed E-state index contributed by atoms with van der Waals surface area (Å²) < 4.78 is 10.5. The molecular formula is C18H21ClN2O3. The van der Waals surface area contributed by atoms with Crippen molar-refractivity contribution in [3.8, 4) is 11.3 Å². The predicted molar refractivity (Wildman–Crippen MR) is 92.2 cm³/mol. The topological polar surface area (TPSA) is 55.6 Å². The number of halogens is 1. The van der Waals surface area contributed by atoms with Gasteiger partial charge in [-0.1, -0.05) is 35.0 Å². The smallest absolute Gasteiger partial charge is 0.259 e. The Morgan fingerprint density at radius 2 is 2.08 bits per heavy atom. The quantitative estimate of drug-likeness (QED) is 0.843. The Kier molecular flexibility index (Phi) is 5.21. The average Bonchev–Trinajstić information content (AvgIpc) is 2.97. The van der Waals surface area contributed by atoms with E-state index >= 15 is 0 Å². The fourth-order valence-electron chi connectivity index (χ4n) is 3.16. The van der Waals surface area contributed by atoms with E-state index in [9.17, 15) is 4.79 Å².